The quantitative estimate of drug-likeness (QED) is 0.651. The van der Waals surface area contributed by atoms with Crippen molar-refractivity contribution in [1.82, 2.24) is 9.97 Å². The third kappa shape index (κ3) is 4.40. The summed E-state index contributed by atoms with van der Waals surface area (Å²) in [6.07, 6.45) is 4.03. The second-order valence-corrected chi connectivity index (χ2v) is 4.83. The number of hydrogen-bond donors (Lipinski definition) is 1. The molecule has 4 nitrogen and oxygen atoms in total. The van der Waals surface area contributed by atoms with E-state index in [0.29, 0.717) is 18.2 Å². The van der Waals surface area contributed by atoms with Gasteiger partial charge in [0.2, 0.25) is 0 Å². The first-order valence-electron chi connectivity index (χ1n) is 5.83. The molecule has 0 aliphatic heterocycles. The molecule has 0 radical (unpaired) electrons. The SMILES string of the molecule is Nc1nccnc1SCCCOc1ccc(F)cc1. The lowest BCUT2D eigenvalue weighted by atomic mass is 10.3. The maximum Gasteiger partial charge on any atom is 0.156 e. The first-order chi connectivity index (χ1) is 9.25. The van der Waals surface area contributed by atoms with Gasteiger partial charge in [-0.05, 0) is 30.7 Å². The highest BCUT2D eigenvalue weighted by Gasteiger charge is 2.01. The van der Waals surface area contributed by atoms with E-state index in [1.54, 1.807) is 36.3 Å². The van der Waals surface area contributed by atoms with Gasteiger partial charge in [-0.2, -0.15) is 0 Å². The number of halogens is 1. The van der Waals surface area contributed by atoms with Crippen LogP contribution in [-0.2, 0) is 0 Å². The van der Waals surface area contributed by atoms with Gasteiger partial charge in [0.15, 0.2) is 5.82 Å². The zero-order chi connectivity index (χ0) is 13.5. The van der Waals surface area contributed by atoms with E-state index in [-0.39, 0.29) is 5.82 Å². The van der Waals surface area contributed by atoms with Gasteiger partial charge < -0.3 is 10.5 Å². The van der Waals surface area contributed by atoms with Crippen molar-refractivity contribution in [3.05, 3.63) is 42.5 Å². The minimum absolute atomic E-state index is 0.263. The van der Waals surface area contributed by atoms with E-state index in [9.17, 15) is 4.39 Å². The molecule has 0 saturated carbocycles. The number of anilines is 1. The van der Waals surface area contributed by atoms with Crippen LogP contribution >= 0.6 is 11.8 Å². The molecule has 1 aromatic carbocycles. The molecular weight excluding hydrogens is 265 g/mol. The average molecular weight is 279 g/mol. The van der Waals surface area contributed by atoms with Crippen molar-refractivity contribution in [3.8, 4) is 5.75 Å². The molecule has 0 atom stereocenters. The van der Waals surface area contributed by atoms with E-state index in [1.165, 1.54) is 12.1 Å². The summed E-state index contributed by atoms with van der Waals surface area (Å²) < 4.78 is 18.2. The van der Waals surface area contributed by atoms with Crippen molar-refractivity contribution < 1.29 is 9.13 Å². The van der Waals surface area contributed by atoms with Crippen LogP contribution in [0.25, 0.3) is 0 Å². The molecule has 2 aromatic rings. The van der Waals surface area contributed by atoms with Crippen LogP contribution in [0.2, 0.25) is 0 Å². The molecule has 2 rings (SSSR count). The maximum atomic E-state index is 12.7. The molecule has 6 heteroatoms. The van der Waals surface area contributed by atoms with E-state index < -0.39 is 0 Å². The highest BCUT2D eigenvalue weighted by molar-refractivity contribution is 7.99. The second-order valence-electron chi connectivity index (χ2n) is 3.75. The number of ether oxygens (including phenoxy) is 1. The van der Waals surface area contributed by atoms with Crippen molar-refractivity contribution in [3.63, 3.8) is 0 Å². The molecule has 100 valence electrons. The van der Waals surface area contributed by atoms with Crippen LogP contribution in [-0.4, -0.2) is 22.3 Å². The van der Waals surface area contributed by atoms with Crippen molar-refractivity contribution in [2.24, 2.45) is 0 Å². The normalized spacial score (nSPS) is 10.4. The third-order valence-electron chi connectivity index (χ3n) is 2.30. The van der Waals surface area contributed by atoms with Crippen LogP contribution < -0.4 is 10.5 Å². The molecule has 0 aliphatic carbocycles. The van der Waals surface area contributed by atoms with E-state index in [1.807, 2.05) is 0 Å². The highest BCUT2D eigenvalue weighted by atomic mass is 32.2. The molecule has 0 amide bonds. The van der Waals surface area contributed by atoms with Crippen LogP contribution in [0.4, 0.5) is 10.2 Å². The maximum absolute atomic E-state index is 12.7. The summed E-state index contributed by atoms with van der Waals surface area (Å²) in [5.41, 5.74) is 5.68. The number of aromatic nitrogens is 2. The number of nitrogen functional groups attached to an aromatic ring is 1. The Hall–Kier alpha value is -1.82. The summed E-state index contributed by atoms with van der Waals surface area (Å²) in [5.74, 6) is 1.70. The Kier molecular flexibility index (Phi) is 4.97. The number of nitrogens with two attached hydrogens (primary N) is 1. The number of nitrogens with zero attached hydrogens (tertiary/aromatic N) is 2. The summed E-state index contributed by atoms with van der Waals surface area (Å²) in [4.78, 5) is 8.10. The lowest BCUT2D eigenvalue weighted by Crippen LogP contribution is -2.00. The van der Waals surface area contributed by atoms with Gasteiger partial charge in [-0.25, -0.2) is 14.4 Å². The number of rotatable bonds is 6. The van der Waals surface area contributed by atoms with E-state index in [0.717, 1.165) is 17.2 Å². The Morgan fingerprint density at radius 1 is 1.16 bits per heavy atom. The number of thioether (sulfide) groups is 1. The van der Waals surface area contributed by atoms with Crippen molar-refractivity contribution in [2.75, 3.05) is 18.1 Å². The molecule has 0 fully saturated rings. The predicted molar refractivity (Wildman–Crippen MR) is 73.7 cm³/mol. The van der Waals surface area contributed by atoms with Crippen LogP contribution in [0, 0.1) is 5.82 Å². The molecule has 0 aliphatic rings. The van der Waals surface area contributed by atoms with Crippen molar-refractivity contribution in [1.29, 1.82) is 0 Å². The third-order valence-corrected chi connectivity index (χ3v) is 3.38. The van der Waals surface area contributed by atoms with E-state index >= 15 is 0 Å². The number of benzene rings is 1. The molecule has 0 unspecified atom stereocenters. The second kappa shape index (κ2) is 6.94. The summed E-state index contributed by atoms with van der Waals surface area (Å²) in [7, 11) is 0. The van der Waals surface area contributed by atoms with Crippen LogP contribution in [0.1, 0.15) is 6.42 Å². The molecule has 2 N–H and O–H groups in total. The Morgan fingerprint density at radius 3 is 2.63 bits per heavy atom. The summed E-state index contributed by atoms with van der Waals surface area (Å²) in [5, 5.41) is 0.740. The van der Waals surface area contributed by atoms with Crippen molar-refractivity contribution in [2.45, 2.75) is 11.4 Å². The Balaban J connectivity index is 1.67. The summed E-state index contributed by atoms with van der Waals surface area (Å²) >= 11 is 1.55. The van der Waals surface area contributed by atoms with Gasteiger partial charge in [0.05, 0.1) is 6.61 Å². The summed E-state index contributed by atoms with van der Waals surface area (Å²) in [6.45, 7) is 0.568. The fourth-order valence-corrected chi connectivity index (χ4v) is 2.19. The predicted octanol–water partition coefficient (Wildman–Crippen LogP) is 2.76. The van der Waals surface area contributed by atoms with Gasteiger partial charge in [-0.1, -0.05) is 0 Å². The largest absolute Gasteiger partial charge is 0.494 e. The van der Waals surface area contributed by atoms with Crippen molar-refractivity contribution >= 4 is 17.6 Å². The minimum Gasteiger partial charge on any atom is -0.494 e. The zero-order valence-corrected chi connectivity index (χ0v) is 11.1. The van der Waals surface area contributed by atoms with E-state index in [2.05, 4.69) is 9.97 Å². The molecule has 0 saturated heterocycles. The molecule has 0 bridgehead atoms. The fourth-order valence-electron chi connectivity index (χ4n) is 1.40. The Labute approximate surface area is 115 Å². The van der Waals surface area contributed by atoms with Gasteiger partial charge >= 0.3 is 0 Å². The first kappa shape index (κ1) is 13.6. The first-order valence-corrected chi connectivity index (χ1v) is 6.82. The Bertz CT molecular complexity index is 522. The van der Waals surface area contributed by atoms with Gasteiger partial charge in [0, 0.05) is 18.1 Å². The molecule has 1 aromatic heterocycles. The monoisotopic (exact) mass is 279 g/mol. The molecular formula is C13H14FN3OS. The molecule has 19 heavy (non-hydrogen) atoms. The topological polar surface area (TPSA) is 61.0 Å². The van der Waals surface area contributed by atoms with Gasteiger partial charge in [-0.15, -0.1) is 11.8 Å². The van der Waals surface area contributed by atoms with Gasteiger partial charge in [-0.3, -0.25) is 0 Å². The summed E-state index contributed by atoms with van der Waals surface area (Å²) in [6, 6.07) is 5.99. The minimum atomic E-state index is -0.263. The lowest BCUT2D eigenvalue weighted by molar-refractivity contribution is 0.318. The van der Waals surface area contributed by atoms with Crippen LogP contribution in [0.5, 0.6) is 5.75 Å². The molecule has 0 spiro atoms. The smallest absolute Gasteiger partial charge is 0.156 e. The Morgan fingerprint density at radius 2 is 1.89 bits per heavy atom. The molecule has 1 heterocycles. The van der Waals surface area contributed by atoms with Crippen LogP contribution in [0.15, 0.2) is 41.7 Å². The lowest BCUT2D eigenvalue weighted by Gasteiger charge is -2.06. The fraction of sp³-hybridized carbons (Fsp3) is 0.231. The van der Waals surface area contributed by atoms with Crippen LogP contribution in [0.3, 0.4) is 0 Å². The van der Waals surface area contributed by atoms with E-state index in [4.69, 9.17) is 10.5 Å². The highest BCUT2D eigenvalue weighted by Crippen LogP contribution is 2.20. The standard InChI is InChI=1S/C13H14FN3OS/c14-10-2-4-11(5-3-10)18-8-1-9-19-13-12(15)16-6-7-17-13/h2-7H,1,8-9H2,(H2,15,16). The van der Waals surface area contributed by atoms with Gasteiger partial charge in [0.25, 0.3) is 0 Å². The number of hydrogen-bond acceptors (Lipinski definition) is 5. The van der Waals surface area contributed by atoms with Gasteiger partial charge in [0.1, 0.15) is 16.6 Å². The average Bonchev–Trinajstić information content (AvgIpc) is 2.42. The zero-order valence-electron chi connectivity index (χ0n) is 10.3.